The number of hydrogen-bond donors (Lipinski definition) is 2. The van der Waals surface area contributed by atoms with Crippen LogP contribution in [0.2, 0.25) is 5.02 Å². The van der Waals surface area contributed by atoms with E-state index in [1.165, 1.54) is 0 Å². The van der Waals surface area contributed by atoms with Crippen molar-refractivity contribution in [2.24, 2.45) is 5.92 Å². The molecule has 0 spiro atoms. The Morgan fingerprint density at radius 1 is 1.50 bits per heavy atom. The number of nitrogens with one attached hydrogen (secondary N) is 2. The van der Waals surface area contributed by atoms with Crippen molar-refractivity contribution in [1.82, 2.24) is 5.32 Å². The second-order valence-electron chi connectivity index (χ2n) is 4.51. The zero-order chi connectivity index (χ0) is 13.1. The van der Waals surface area contributed by atoms with Gasteiger partial charge in [0.05, 0.1) is 16.6 Å². The van der Waals surface area contributed by atoms with Crippen LogP contribution in [0.4, 0.5) is 5.69 Å². The van der Waals surface area contributed by atoms with Gasteiger partial charge in [-0.25, -0.2) is 0 Å². The van der Waals surface area contributed by atoms with Gasteiger partial charge >= 0.3 is 0 Å². The lowest BCUT2D eigenvalue weighted by Crippen LogP contribution is -2.40. The first-order valence-electron chi connectivity index (χ1n) is 5.90. The SMILES string of the molecule is Cc1ccc(NC(=O)C2CCC(=O)NC2)c(Cl)c1. The molecule has 1 heterocycles. The van der Waals surface area contributed by atoms with Crippen molar-refractivity contribution in [2.75, 3.05) is 11.9 Å². The Balaban J connectivity index is 2.00. The zero-order valence-corrected chi connectivity index (χ0v) is 10.9. The molecule has 0 aliphatic carbocycles. The van der Waals surface area contributed by atoms with Gasteiger partial charge in [-0.15, -0.1) is 0 Å². The van der Waals surface area contributed by atoms with Crippen LogP contribution in [-0.2, 0) is 9.59 Å². The lowest BCUT2D eigenvalue weighted by Gasteiger charge is -2.21. The third-order valence-electron chi connectivity index (χ3n) is 3.02. The first kappa shape index (κ1) is 12.9. The van der Waals surface area contributed by atoms with Gasteiger partial charge in [0, 0.05) is 13.0 Å². The number of carbonyl (C=O) groups excluding carboxylic acids is 2. The van der Waals surface area contributed by atoms with Crippen LogP contribution in [-0.4, -0.2) is 18.4 Å². The number of piperidine rings is 1. The fourth-order valence-electron chi connectivity index (χ4n) is 1.91. The van der Waals surface area contributed by atoms with Crippen LogP contribution >= 0.6 is 11.6 Å². The summed E-state index contributed by atoms with van der Waals surface area (Å²) in [6.45, 7) is 2.34. The van der Waals surface area contributed by atoms with Gasteiger partial charge < -0.3 is 10.6 Å². The van der Waals surface area contributed by atoms with Crippen LogP contribution in [0, 0.1) is 12.8 Å². The molecule has 0 radical (unpaired) electrons. The Kier molecular flexibility index (Phi) is 3.87. The predicted octanol–water partition coefficient (Wildman–Crippen LogP) is 2.11. The average Bonchev–Trinajstić information content (AvgIpc) is 2.33. The molecule has 1 saturated heterocycles. The first-order valence-corrected chi connectivity index (χ1v) is 6.28. The minimum atomic E-state index is -0.180. The zero-order valence-electron chi connectivity index (χ0n) is 10.1. The molecular formula is C13H15ClN2O2. The predicted molar refractivity (Wildman–Crippen MR) is 70.6 cm³/mol. The summed E-state index contributed by atoms with van der Waals surface area (Å²) in [7, 11) is 0. The highest BCUT2D eigenvalue weighted by molar-refractivity contribution is 6.33. The molecule has 0 aromatic heterocycles. The van der Waals surface area contributed by atoms with Crippen LogP contribution in [0.5, 0.6) is 0 Å². The molecule has 1 aromatic carbocycles. The summed E-state index contributed by atoms with van der Waals surface area (Å²) in [5.74, 6) is -0.270. The van der Waals surface area contributed by atoms with Crippen LogP contribution in [0.1, 0.15) is 18.4 Å². The minimum Gasteiger partial charge on any atom is -0.355 e. The van der Waals surface area contributed by atoms with Crippen molar-refractivity contribution < 1.29 is 9.59 Å². The van der Waals surface area contributed by atoms with E-state index >= 15 is 0 Å². The highest BCUT2D eigenvalue weighted by Gasteiger charge is 2.24. The summed E-state index contributed by atoms with van der Waals surface area (Å²) >= 11 is 6.05. The van der Waals surface area contributed by atoms with Crippen molar-refractivity contribution in [2.45, 2.75) is 19.8 Å². The van der Waals surface area contributed by atoms with Gasteiger partial charge in [-0.2, -0.15) is 0 Å². The molecule has 2 rings (SSSR count). The number of benzene rings is 1. The molecule has 1 unspecified atom stereocenters. The van der Waals surface area contributed by atoms with E-state index in [1.807, 2.05) is 13.0 Å². The summed E-state index contributed by atoms with van der Waals surface area (Å²) in [5.41, 5.74) is 1.66. The van der Waals surface area contributed by atoms with Crippen molar-refractivity contribution in [1.29, 1.82) is 0 Å². The third-order valence-corrected chi connectivity index (χ3v) is 3.33. The smallest absolute Gasteiger partial charge is 0.229 e. The Bertz CT molecular complexity index is 478. The van der Waals surface area contributed by atoms with E-state index in [1.54, 1.807) is 12.1 Å². The lowest BCUT2D eigenvalue weighted by atomic mass is 9.98. The van der Waals surface area contributed by atoms with E-state index in [4.69, 9.17) is 11.6 Å². The molecule has 2 N–H and O–H groups in total. The molecule has 0 saturated carbocycles. The second-order valence-corrected chi connectivity index (χ2v) is 4.92. The maximum atomic E-state index is 12.0. The average molecular weight is 267 g/mol. The molecule has 1 fully saturated rings. The summed E-state index contributed by atoms with van der Waals surface area (Å²) < 4.78 is 0. The fourth-order valence-corrected chi connectivity index (χ4v) is 2.20. The molecular weight excluding hydrogens is 252 g/mol. The Morgan fingerprint density at radius 2 is 2.28 bits per heavy atom. The van der Waals surface area contributed by atoms with Crippen LogP contribution < -0.4 is 10.6 Å². The monoisotopic (exact) mass is 266 g/mol. The normalized spacial score (nSPS) is 19.2. The minimum absolute atomic E-state index is 0.00687. The van der Waals surface area contributed by atoms with Gasteiger partial charge in [0.15, 0.2) is 0 Å². The summed E-state index contributed by atoms with van der Waals surface area (Å²) in [5, 5.41) is 6.02. The van der Waals surface area contributed by atoms with Crippen LogP contribution in [0.25, 0.3) is 0 Å². The molecule has 1 aliphatic heterocycles. The summed E-state index contributed by atoms with van der Waals surface area (Å²) in [6.07, 6.45) is 0.987. The summed E-state index contributed by atoms with van der Waals surface area (Å²) in [4.78, 5) is 23.0. The van der Waals surface area contributed by atoms with Gasteiger partial charge in [0.1, 0.15) is 0 Å². The van der Waals surface area contributed by atoms with E-state index in [2.05, 4.69) is 10.6 Å². The topological polar surface area (TPSA) is 58.2 Å². The van der Waals surface area contributed by atoms with Crippen molar-refractivity contribution in [3.05, 3.63) is 28.8 Å². The maximum absolute atomic E-state index is 12.0. The van der Waals surface area contributed by atoms with Crippen LogP contribution in [0.3, 0.4) is 0 Å². The highest BCUT2D eigenvalue weighted by atomic mass is 35.5. The molecule has 1 atom stereocenters. The van der Waals surface area contributed by atoms with Gasteiger partial charge in [-0.05, 0) is 31.0 Å². The molecule has 18 heavy (non-hydrogen) atoms. The fraction of sp³-hybridized carbons (Fsp3) is 0.385. The molecule has 1 aliphatic rings. The summed E-state index contributed by atoms with van der Waals surface area (Å²) in [6, 6.07) is 5.49. The molecule has 5 heteroatoms. The van der Waals surface area contributed by atoms with E-state index in [-0.39, 0.29) is 17.7 Å². The van der Waals surface area contributed by atoms with E-state index < -0.39 is 0 Å². The number of anilines is 1. The Morgan fingerprint density at radius 3 is 2.89 bits per heavy atom. The largest absolute Gasteiger partial charge is 0.355 e. The number of amides is 2. The van der Waals surface area contributed by atoms with E-state index in [9.17, 15) is 9.59 Å². The Labute approximate surface area is 111 Å². The number of halogens is 1. The second kappa shape index (κ2) is 5.40. The molecule has 96 valence electrons. The molecule has 0 bridgehead atoms. The van der Waals surface area contributed by atoms with Crippen molar-refractivity contribution in [3.8, 4) is 0 Å². The van der Waals surface area contributed by atoms with E-state index in [0.717, 1.165) is 5.56 Å². The van der Waals surface area contributed by atoms with E-state index in [0.29, 0.717) is 30.1 Å². The highest BCUT2D eigenvalue weighted by Crippen LogP contribution is 2.24. The maximum Gasteiger partial charge on any atom is 0.229 e. The first-order chi connectivity index (χ1) is 8.56. The number of rotatable bonds is 2. The molecule has 2 amide bonds. The molecule has 1 aromatic rings. The van der Waals surface area contributed by atoms with Crippen LogP contribution in [0.15, 0.2) is 18.2 Å². The number of aryl methyl sites for hydroxylation is 1. The van der Waals surface area contributed by atoms with Crippen molar-refractivity contribution in [3.63, 3.8) is 0 Å². The molecule has 4 nitrogen and oxygen atoms in total. The van der Waals surface area contributed by atoms with Gasteiger partial charge in [0.25, 0.3) is 0 Å². The number of hydrogen-bond acceptors (Lipinski definition) is 2. The van der Waals surface area contributed by atoms with Gasteiger partial charge in [-0.3, -0.25) is 9.59 Å². The third kappa shape index (κ3) is 3.01. The number of carbonyl (C=O) groups is 2. The quantitative estimate of drug-likeness (QED) is 0.861. The Hall–Kier alpha value is -1.55. The van der Waals surface area contributed by atoms with Gasteiger partial charge in [-0.1, -0.05) is 17.7 Å². The lowest BCUT2D eigenvalue weighted by molar-refractivity contribution is -0.126. The van der Waals surface area contributed by atoms with Gasteiger partial charge in [0.2, 0.25) is 11.8 Å². The van der Waals surface area contributed by atoms with Crippen molar-refractivity contribution >= 4 is 29.1 Å². The standard InChI is InChI=1S/C13H15ClN2O2/c1-8-2-4-11(10(14)6-8)16-13(18)9-3-5-12(17)15-7-9/h2,4,6,9H,3,5,7H2,1H3,(H,15,17)(H,16,18).